The summed E-state index contributed by atoms with van der Waals surface area (Å²) < 4.78 is 0. The van der Waals surface area contributed by atoms with E-state index in [1.165, 1.54) is 37.7 Å². The van der Waals surface area contributed by atoms with Crippen molar-refractivity contribution in [2.45, 2.75) is 62.8 Å². The standard InChI is InChI=1S/C18H28N2/c1-2-3-6-13-17(20-19)18(14-9-5-10-15-18)16-11-7-4-8-12-16/h2,4,7-8,11-12,17,20H,1,3,5-6,9-10,13-15,19H2. The highest BCUT2D eigenvalue weighted by molar-refractivity contribution is 5.28. The van der Waals surface area contributed by atoms with Gasteiger partial charge in [-0.2, -0.15) is 0 Å². The Balaban J connectivity index is 2.23. The maximum Gasteiger partial charge on any atom is 0.0307 e. The van der Waals surface area contributed by atoms with Gasteiger partial charge in [-0.05, 0) is 37.7 Å². The Kier molecular flexibility index (Phi) is 5.81. The molecule has 2 nitrogen and oxygen atoms in total. The summed E-state index contributed by atoms with van der Waals surface area (Å²) >= 11 is 0. The Morgan fingerprint density at radius 3 is 2.50 bits per heavy atom. The first kappa shape index (κ1) is 15.3. The van der Waals surface area contributed by atoms with Gasteiger partial charge in [0, 0.05) is 11.5 Å². The van der Waals surface area contributed by atoms with Crippen LogP contribution in [0.5, 0.6) is 0 Å². The van der Waals surface area contributed by atoms with Crippen LogP contribution >= 0.6 is 0 Å². The first-order valence-electron chi connectivity index (χ1n) is 7.96. The molecule has 1 aliphatic rings. The summed E-state index contributed by atoms with van der Waals surface area (Å²) in [5.41, 5.74) is 4.81. The monoisotopic (exact) mass is 272 g/mol. The van der Waals surface area contributed by atoms with Crippen LogP contribution in [-0.4, -0.2) is 6.04 Å². The minimum absolute atomic E-state index is 0.218. The molecule has 0 amide bonds. The van der Waals surface area contributed by atoms with E-state index in [4.69, 9.17) is 5.84 Å². The van der Waals surface area contributed by atoms with Crippen molar-refractivity contribution in [1.29, 1.82) is 0 Å². The quantitative estimate of drug-likeness (QED) is 0.340. The molecule has 1 atom stereocenters. The largest absolute Gasteiger partial charge is 0.271 e. The van der Waals surface area contributed by atoms with Gasteiger partial charge in [-0.15, -0.1) is 6.58 Å². The van der Waals surface area contributed by atoms with Gasteiger partial charge in [0.2, 0.25) is 0 Å². The topological polar surface area (TPSA) is 38.0 Å². The molecule has 0 aromatic heterocycles. The molecule has 0 saturated heterocycles. The van der Waals surface area contributed by atoms with Gasteiger partial charge in [0.15, 0.2) is 0 Å². The van der Waals surface area contributed by atoms with E-state index in [1.807, 2.05) is 6.08 Å². The molecule has 3 N–H and O–H groups in total. The van der Waals surface area contributed by atoms with Crippen LogP contribution in [0.4, 0.5) is 0 Å². The van der Waals surface area contributed by atoms with E-state index < -0.39 is 0 Å². The van der Waals surface area contributed by atoms with Crippen LogP contribution in [0.15, 0.2) is 43.0 Å². The summed E-state index contributed by atoms with van der Waals surface area (Å²) in [6.07, 6.45) is 11.8. The summed E-state index contributed by atoms with van der Waals surface area (Å²) in [6, 6.07) is 11.3. The van der Waals surface area contributed by atoms with Gasteiger partial charge >= 0.3 is 0 Å². The zero-order chi connectivity index (χ0) is 14.3. The lowest BCUT2D eigenvalue weighted by Crippen LogP contribution is -2.52. The molecule has 2 heteroatoms. The van der Waals surface area contributed by atoms with Gasteiger partial charge in [0.1, 0.15) is 0 Å². The van der Waals surface area contributed by atoms with E-state index in [0.717, 1.165) is 19.3 Å². The summed E-state index contributed by atoms with van der Waals surface area (Å²) in [5.74, 6) is 5.93. The van der Waals surface area contributed by atoms with E-state index >= 15 is 0 Å². The molecule has 0 spiro atoms. The Morgan fingerprint density at radius 2 is 1.90 bits per heavy atom. The maximum atomic E-state index is 5.93. The van der Waals surface area contributed by atoms with Gasteiger partial charge in [0.25, 0.3) is 0 Å². The normalized spacial score (nSPS) is 19.4. The van der Waals surface area contributed by atoms with Crippen molar-refractivity contribution in [1.82, 2.24) is 5.43 Å². The summed E-state index contributed by atoms with van der Waals surface area (Å²) in [7, 11) is 0. The molecule has 1 aliphatic carbocycles. The fraction of sp³-hybridized carbons (Fsp3) is 0.556. The minimum Gasteiger partial charge on any atom is -0.271 e. The van der Waals surface area contributed by atoms with Crippen molar-refractivity contribution in [2.24, 2.45) is 5.84 Å². The van der Waals surface area contributed by atoms with Crippen molar-refractivity contribution in [2.75, 3.05) is 0 Å². The Morgan fingerprint density at radius 1 is 1.20 bits per heavy atom. The van der Waals surface area contributed by atoms with Crippen LogP contribution in [0.3, 0.4) is 0 Å². The fourth-order valence-electron chi connectivity index (χ4n) is 3.78. The predicted molar refractivity (Wildman–Crippen MR) is 86.4 cm³/mol. The summed E-state index contributed by atoms with van der Waals surface area (Å²) in [6.45, 7) is 3.82. The van der Waals surface area contributed by atoms with Gasteiger partial charge in [-0.3, -0.25) is 11.3 Å². The number of benzene rings is 1. The van der Waals surface area contributed by atoms with Gasteiger partial charge in [-0.1, -0.05) is 55.7 Å². The van der Waals surface area contributed by atoms with E-state index in [9.17, 15) is 0 Å². The predicted octanol–water partition coefficient (Wildman–Crippen LogP) is 4.08. The molecular weight excluding hydrogens is 244 g/mol. The van der Waals surface area contributed by atoms with Crippen molar-refractivity contribution < 1.29 is 0 Å². The number of nitrogens with two attached hydrogens (primary N) is 1. The third kappa shape index (κ3) is 3.31. The molecule has 0 bridgehead atoms. The van der Waals surface area contributed by atoms with Crippen LogP contribution in [0.2, 0.25) is 0 Å². The minimum atomic E-state index is 0.218. The first-order valence-corrected chi connectivity index (χ1v) is 7.96. The lowest BCUT2D eigenvalue weighted by Gasteiger charge is -2.44. The van der Waals surface area contributed by atoms with Gasteiger partial charge in [-0.25, -0.2) is 0 Å². The van der Waals surface area contributed by atoms with Crippen LogP contribution in [0, 0.1) is 0 Å². The lowest BCUT2D eigenvalue weighted by atomic mass is 9.64. The SMILES string of the molecule is C=CCCCC(NN)C1(c2ccccc2)CCCCC1. The highest BCUT2D eigenvalue weighted by Crippen LogP contribution is 2.43. The van der Waals surface area contributed by atoms with Crippen LogP contribution < -0.4 is 11.3 Å². The number of allylic oxidation sites excluding steroid dienone is 1. The van der Waals surface area contributed by atoms with Crippen molar-refractivity contribution in [3.05, 3.63) is 48.6 Å². The molecule has 2 rings (SSSR count). The third-order valence-electron chi connectivity index (χ3n) is 4.86. The molecule has 1 aromatic rings. The Bertz CT molecular complexity index is 393. The average molecular weight is 272 g/mol. The molecule has 110 valence electrons. The average Bonchev–Trinajstić information content (AvgIpc) is 2.53. The molecule has 1 saturated carbocycles. The van der Waals surface area contributed by atoms with Crippen molar-refractivity contribution in [3.8, 4) is 0 Å². The van der Waals surface area contributed by atoms with Crippen LogP contribution in [-0.2, 0) is 5.41 Å². The Hall–Kier alpha value is -1.12. The summed E-state index contributed by atoms with van der Waals surface area (Å²) in [4.78, 5) is 0. The number of nitrogens with one attached hydrogen (secondary N) is 1. The first-order chi connectivity index (χ1) is 9.83. The zero-order valence-corrected chi connectivity index (χ0v) is 12.5. The third-order valence-corrected chi connectivity index (χ3v) is 4.86. The zero-order valence-electron chi connectivity index (χ0n) is 12.5. The summed E-state index contributed by atoms with van der Waals surface area (Å²) in [5, 5.41) is 0. The second-order valence-corrected chi connectivity index (χ2v) is 6.02. The van der Waals surface area contributed by atoms with Crippen molar-refractivity contribution in [3.63, 3.8) is 0 Å². The van der Waals surface area contributed by atoms with Crippen LogP contribution in [0.25, 0.3) is 0 Å². The van der Waals surface area contributed by atoms with Crippen molar-refractivity contribution >= 4 is 0 Å². The number of hydrazine groups is 1. The maximum absolute atomic E-state index is 5.93. The number of hydrogen-bond acceptors (Lipinski definition) is 2. The number of rotatable bonds is 7. The van der Waals surface area contributed by atoms with Gasteiger partial charge in [0.05, 0.1) is 0 Å². The number of hydrogen-bond donors (Lipinski definition) is 2. The molecule has 20 heavy (non-hydrogen) atoms. The van der Waals surface area contributed by atoms with E-state index in [-0.39, 0.29) is 5.41 Å². The molecule has 1 unspecified atom stereocenters. The smallest absolute Gasteiger partial charge is 0.0307 e. The fourth-order valence-corrected chi connectivity index (χ4v) is 3.78. The van der Waals surface area contributed by atoms with E-state index in [0.29, 0.717) is 6.04 Å². The molecule has 0 heterocycles. The number of unbranched alkanes of at least 4 members (excludes halogenated alkanes) is 1. The molecule has 1 fully saturated rings. The molecule has 1 aromatic carbocycles. The molecule has 0 aliphatic heterocycles. The van der Waals surface area contributed by atoms with E-state index in [2.05, 4.69) is 42.3 Å². The van der Waals surface area contributed by atoms with Crippen LogP contribution in [0.1, 0.15) is 56.9 Å². The van der Waals surface area contributed by atoms with E-state index in [1.54, 1.807) is 0 Å². The highest BCUT2D eigenvalue weighted by Gasteiger charge is 2.40. The molecule has 0 radical (unpaired) electrons. The highest BCUT2D eigenvalue weighted by atomic mass is 15.2. The second kappa shape index (κ2) is 7.61. The lowest BCUT2D eigenvalue weighted by molar-refractivity contribution is 0.202. The van der Waals surface area contributed by atoms with Gasteiger partial charge < -0.3 is 0 Å². The molecular formula is C18H28N2. The second-order valence-electron chi connectivity index (χ2n) is 6.02. The Labute approximate surface area is 123 Å².